The summed E-state index contributed by atoms with van der Waals surface area (Å²) in [4.78, 5) is 18.2. The van der Waals surface area contributed by atoms with E-state index < -0.39 is 0 Å². The molecule has 0 unspecified atom stereocenters. The van der Waals surface area contributed by atoms with Crippen LogP contribution in [0.2, 0.25) is 0 Å². The summed E-state index contributed by atoms with van der Waals surface area (Å²) in [5.74, 6) is 0. The van der Waals surface area contributed by atoms with Crippen LogP contribution in [0.3, 0.4) is 0 Å². The van der Waals surface area contributed by atoms with Crippen LogP contribution >= 0.6 is 0 Å². The van der Waals surface area contributed by atoms with Gasteiger partial charge < -0.3 is 15.2 Å². The number of nitrogens with one attached hydrogen (secondary N) is 2. The van der Waals surface area contributed by atoms with Crippen LogP contribution < -0.4 is 11.0 Å². The summed E-state index contributed by atoms with van der Waals surface area (Å²) >= 11 is 0. The first-order valence-electron chi connectivity index (χ1n) is 11.0. The number of rotatable bonds is 4. The lowest BCUT2D eigenvalue weighted by molar-refractivity contribution is 0.101. The van der Waals surface area contributed by atoms with Crippen molar-refractivity contribution < 1.29 is 0 Å². The molecule has 3 aromatic rings. The largest absolute Gasteiger partial charge is 0.326 e. The summed E-state index contributed by atoms with van der Waals surface area (Å²) in [6.07, 6.45) is 5.65. The average molecular weight is 391 g/mol. The second kappa shape index (κ2) is 8.17. The number of hydrogen-bond donors (Lipinski definition) is 2. The number of imidazole rings is 1. The van der Waals surface area contributed by atoms with Crippen molar-refractivity contribution in [3.8, 4) is 0 Å². The van der Waals surface area contributed by atoms with Gasteiger partial charge in [-0.2, -0.15) is 0 Å². The van der Waals surface area contributed by atoms with Crippen LogP contribution in [0.15, 0.2) is 59.4 Å². The van der Waals surface area contributed by atoms with Crippen LogP contribution in [-0.4, -0.2) is 46.2 Å². The lowest BCUT2D eigenvalue weighted by Crippen LogP contribution is -2.51. The lowest BCUT2D eigenvalue weighted by Gasteiger charge is -2.42. The summed E-state index contributed by atoms with van der Waals surface area (Å²) < 4.78 is 1.99. The quantitative estimate of drug-likeness (QED) is 0.718. The Kier molecular flexibility index (Phi) is 5.25. The number of aromatic amines is 1. The van der Waals surface area contributed by atoms with Crippen LogP contribution in [-0.2, 0) is 6.42 Å². The molecule has 5 heteroatoms. The van der Waals surface area contributed by atoms with Gasteiger partial charge in [-0.25, -0.2) is 4.79 Å². The minimum absolute atomic E-state index is 0.0365. The first-order valence-corrected chi connectivity index (χ1v) is 11.0. The van der Waals surface area contributed by atoms with Crippen molar-refractivity contribution >= 4 is 11.0 Å². The molecule has 2 fully saturated rings. The minimum Gasteiger partial charge on any atom is -0.314 e. The summed E-state index contributed by atoms with van der Waals surface area (Å²) in [5.41, 5.74) is 3.44. The zero-order chi connectivity index (χ0) is 19.6. The van der Waals surface area contributed by atoms with Gasteiger partial charge in [-0.3, -0.25) is 4.57 Å². The van der Waals surface area contributed by atoms with E-state index in [0.717, 1.165) is 49.9 Å². The fraction of sp³-hybridized carbons (Fsp3) is 0.458. The SMILES string of the molecule is O=c1[nH]c2ccccc2n1C1CCN([C@@H]2CCN[C@H](Cc3ccccc3)C2)CC1. The zero-order valence-corrected chi connectivity index (χ0v) is 16.9. The van der Waals surface area contributed by atoms with E-state index in [9.17, 15) is 4.79 Å². The molecule has 2 N–H and O–H groups in total. The van der Waals surface area contributed by atoms with Gasteiger partial charge in [-0.05, 0) is 56.3 Å². The number of para-hydroxylation sites is 2. The van der Waals surface area contributed by atoms with Crippen molar-refractivity contribution in [2.24, 2.45) is 0 Å². The molecular weight excluding hydrogens is 360 g/mol. The summed E-state index contributed by atoms with van der Waals surface area (Å²) in [7, 11) is 0. The molecule has 0 amide bonds. The molecule has 2 aromatic carbocycles. The number of fused-ring (bicyclic) bond motifs is 1. The van der Waals surface area contributed by atoms with Gasteiger partial charge in [0.2, 0.25) is 0 Å². The van der Waals surface area contributed by atoms with Crippen LogP contribution in [0.4, 0.5) is 0 Å². The van der Waals surface area contributed by atoms with Crippen LogP contribution in [0.1, 0.15) is 37.3 Å². The van der Waals surface area contributed by atoms with Crippen molar-refractivity contribution in [3.63, 3.8) is 0 Å². The summed E-state index contributed by atoms with van der Waals surface area (Å²) in [5, 5.41) is 3.72. The first-order chi connectivity index (χ1) is 14.3. The number of piperidine rings is 2. The molecule has 2 aliphatic rings. The lowest BCUT2D eigenvalue weighted by atomic mass is 9.91. The molecule has 0 saturated carbocycles. The van der Waals surface area contributed by atoms with Crippen molar-refractivity contribution in [1.29, 1.82) is 0 Å². The van der Waals surface area contributed by atoms with Gasteiger partial charge >= 0.3 is 5.69 Å². The summed E-state index contributed by atoms with van der Waals surface area (Å²) in [6.45, 7) is 3.27. The molecule has 1 aromatic heterocycles. The molecule has 152 valence electrons. The third-order valence-electron chi connectivity index (χ3n) is 6.80. The van der Waals surface area contributed by atoms with Crippen molar-refractivity contribution in [3.05, 3.63) is 70.6 Å². The Hall–Kier alpha value is -2.37. The first kappa shape index (κ1) is 18.6. The molecule has 0 bridgehead atoms. The minimum atomic E-state index is 0.0365. The molecule has 29 heavy (non-hydrogen) atoms. The second-order valence-corrected chi connectivity index (χ2v) is 8.60. The molecule has 2 saturated heterocycles. The van der Waals surface area contributed by atoms with Gasteiger partial charge in [0, 0.05) is 31.2 Å². The van der Waals surface area contributed by atoms with Crippen molar-refractivity contribution in [2.45, 2.75) is 50.2 Å². The molecular formula is C24H30N4O. The molecule has 0 radical (unpaired) electrons. The Labute approximate surface area is 171 Å². The number of hydrogen-bond acceptors (Lipinski definition) is 3. The highest BCUT2D eigenvalue weighted by Crippen LogP contribution is 2.28. The Bertz CT molecular complexity index is 1000. The number of aromatic nitrogens is 2. The Morgan fingerprint density at radius 2 is 1.66 bits per heavy atom. The Morgan fingerprint density at radius 3 is 2.48 bits per heavy atom. The van der Waals surface area contributed by atoms with Gasteiger partial charge in [-0.1, -0.05) is 42.5 Å². The maximum Gasteiger partial charge on any atom is 0.326 e. The average Bonchev–Trinajstić information content (AvgIpc) is 3.10. The third kappa shape index (κ3) is 3.89. The molecule has 3 heterocycles. The predicted molar refractivity (Wildman–Crippen MR) is 117 cm³/mol. The van der Waals surface area contributed by atoms with Gasteiger partial charge in [0.05, 0.1) is 11.0 Å². The monoisotopic (exact) mass is 390 g/mol. The van der Waals surface area contributed by atoms with Gasteiger partial charge in [0.1, 0.15) is 0 Å². The summed E-state index contributed by atoms with van der Waals surface area (Å²) in [6, 6.07) is 20.4. The van der Waals surface area contributed by atoms with Crippen molar-refractivity contribution in [1.82, 2.24) is 19.8 Å². The topological polar surface area (TPSA) is 53.1 Å². The van der Waals surface area contributed by atoms with E-state index in [2.05, 4.69) is 51.6 Å². The fourth-order valence-electron chi connectivity index (χ4n) is 5.32. The molecule has 0 spiro atoms. The molecule has 2 aliphatic heterocycles. The smallest absolute Gasteiger partial charge is 0.314 e. The molecule has 5 rings (SSSR count). The normalized spacial score (nSPS) is 24.1. The molecule has 0 aliphatic carbocycles. The van der Waals surface area contributed by atoms with Gasteiger partial charge in [0.25, 0.3) is 0 Å². The highest BCUT2D eigenvalue weighted by atomic mass is 16.1. The van der Waals surface area contributed by atoms with Gasteiger partial charge in [0.15, 0.2) is 0 Å². The second-order valence-electron chi connectivity index (χ2n) is 8.60. The van der Waals surface area contributed by atoms with Gasteiger partial charge in [-0.15, -0.1) is 0 Å². The van der Waals surface area contributed by atoms with E-state index in [4.69, 9.17) is 0 Å². The highest BCUT2D eigenvalue weighted by Gasteiger charge is 2.30. The number of nitrogens with zero attached hydrogens (tertiary/aromatic N) is 2. The van der Waals surface area contributed by atoms with E-state index in [1.54, 1.807) is 0 Å². The van der Waals surface area contributed by atoms with E-state index >= 15 is 0 Å². The van der Waals surface area contributed by atoms with Crippen LogP contribution in [0, 0.1) is 0 Å². The fourth-order valence-corrected chi connectivity index (χ4v) is 5.32. The number of H-pyrrole nitrogens is 1. The van der Waals surface area contributed by atoms with E-state index in [0.29, 0.717) is 18.1 Å². The van der Waals surface area contributed by atoms with Crippen molar-refractivity contribution in [2.75, 3.05) is 19.6 Å². The standard InChI is InChI=1S/C24H30N4O/c29-24-26-22-8-4-5-9-23(22)28(24)20-11-14-27(15-12-20)21-10-13-25-19(17-21)16-18-6-2-1-3-7-18/h1-9,19-21,25H,10-17H2,(H,26,29)/t19-,21-/m1/s1. The zero-order valence-electron chi connectivity index (χ0n) is 16.9. The highest BCUT2D eigenvalue weighted by molar-refractivity contribution is 5.75. The van der Waals surface area contributed by atoms with E-state index in [1.165, 1.54) is 18.4 Å². The Balaban J connectivity index is 1.22. The maximum absolute atomic E-state index is 12.5. The molecule has 2 atom stereocenters. The van der Waals surface area contributed by atoms with E-state index in [1.807, 2.05) is 22.8 Å². The predicted octanol–water partition coefficient (Wildman–Crippen LogP) is 3.33. The number of likely N-dealkylation sites (tertiary alicyclic amines) is 1. The van der Waals surface area contributed by atoms with Crippen LogP contribution in [0.5, 0.6) is 0 Å². The molecule has 5 nitrogen and oxygen atoms in total. The van der Waals surface area contributed by atoms with E-state index in [-0.39, 0.29) is 5.69 Å². The number of benzene rings is 2. The Morgan fingerprint density at radius 1 is 0.897 bits per heavy atom. The third-order valence-corrected chi connectivity index (χ3v) is 6.80. The maximum atomic E-state index is 12.5. The van der Waals surface area contributed by atoms with Crippen LogP contribution in [0.25, 0.3) is 11.0 Å².